The first kappa shape index (κ1) is 21.4. The number of furan rings is 2. The molecule has 0 radical (unpaired) electrons. The van der Waals surface area contributed by atoms with Crippen LogP contribution in [0.5, 0.6) is 0 Å². The quantitative estimate of drug-likeness (QED) is 0.539. The average Bonchev–Trinajstić information content (AvgIpc) is 3.52. The van der Waals surface area contributed by atoms with Crippen LogP contribution in [0.2, 0.25) is 0 Å². The van der Waals surface area contributed by atoms with Crippen LogP contribution < -0.4 is 10.6 Å². The van der Waals surface area contributed by atoms with E-state index in [2.05, 4.69) is 10.6 Å². The standard InChI is InChI=1S/C22H19N3O6S/c1-11-12(2)31-20(14(11)9-23)24-17(26)10-30-22(28)18-13-5-3-7-16(13)32-21(18)25-19(27)15-6-4-8-29-15/h4,6,8H,3,5,7,10H2,1-2H3,(H,24,26)(H,25,27). The highest BCUT2D eigenvalue weighted by Crippen LogP contribution is 2.39. The zero-order chi connectivity index (χ0) is 22.8. The third-order valence-electron chi connectivity index (χ3n) is 5.18. The van der Waals surface area contributed by atoms with Crippen molar-refractivity contribution < 1.29 is 28.0 Å². The van der Waals surface area contributed by atoms with E-state index >= 15 is 0 Å². The van der Waals surface area contributed by atoms with Gasteiger partial charge in [0, 0.05) is 10.4 Å². The summed E-state index contributed by atoms with van der Waals surface area (Å²) in [5.41, 5.74) is 1.95. The van der Waals surface area contributed by atoms with Crippen molar-refractivity contribution in [2.24, 2.45) is 0 Å². The van der Waals surface area contributed by atoms with Gasteiger partial charge in [-0.3, -0.25) is 14.9 Å². The number of nitriles is 1. The van der Waals surface area contributed by atoms with Gasteiger partial charge in [-0.25, -0.2) is 4.79 Å². The molecule has 32 heavy (non-hydrogen) atoms. The highest BCUT2D eigenvalue weighted by Gasteiger charge is 2.29. The smallest absolute Gasteiger partial charge is 0.341 e. The summed E-state index contributed by atoms with van der Waals surface area (Å²) in [5, 5.41) is 14.8. The first-order chi connectivity index (χ1) is 15.4. The second-order valence-corrected chi connectivity index (χ2v) is 8.32. The van der Waals surface area contributed by atoms with Crippen LogP contribution in [-0.4, -0.2) is 24.4 Å². The Morgan fingerprint density at radius 1 is 1.25 bits per heavy atom. The third-order valence-corrected chi connectivity index (χ3v) is 6.39. The molecule has 3 aromatic heterocycles. The number of nitrogens with one attached hydrogen (secondary N) is 2. The number of fused-ring (bicyclic) bond motifs is 1. The lowest BCUT2D eigenvalue weighted by atomic mass is 10.1. The van der Waals surface area contributed by atoms with Crippen LogP contribution in [0.4, 0.5) is 10.9 Å². The molecule has 3 heterocycles. The van der Waals surface area contributed by atoms with Gasteiger partial charge < -0.3 is 18.9 Å². The molecule has 0 aliphatic heterocycles. The zero-order valence-electron chi connectivity index (χ0n) is 17.4. The van der Waals surface area contributed by atoms with Crippen LogP contribution >= 0.6 is 11.3 Å². The minimum Gasteiger partial charge on any atom is -0.459 e. The van der Waals surface area contributed by atoms with Crippen LogP contribution in [0.25, 0.3) is 0 Å². The van der Waals surface area contributed by atoms with Gasteiger partial charge >= 0.3 is 5.97 Å². The van der Waals surface area contributed by atoms with E-state index in [0.717, 1.165) is 23.3 Å². The topological polar surface area (TPSA) is 135 Å². The molecule has 1 aliphatic carbocycles. The Kier molecular flexibility index (Phi) is 5.83. The molecule has 0 saturated carbocycles. The van der Waals surface area contributed by atoms with Gasteiger partial charge in [-0.1, -0.05) is 0 Å². The van der Waals surface area contributed by atoms with E-state index in [1.807, 2.05) is 6.07 Å². The maximum atomic E-state index is 12.8. The van der Waals surface area contributed by atoms with Crippen molar-refractivity contribution in [2.75, 3.05) is 17.2 Å². The highest BCUT2D eigenvalue weighted by molar-refractivity contribution is 7.17. The molecule has 0 fully saturated rings. The lowest BCUT2D eigenvalue weighted by Crippen LogP contribution is -2.22. The molecule has 164 valence electrons. The SMILES string of the molecule is Cc1oc(NC(=O)COC(=O)c2c(NC(=O)c3ccco3)sc3c2CCC3)c(C#N)c1C. The zero-order valence-corrected chi connectivity index (χ0v) is 18.2. The minimum atomic E-state index is -0.707. The van der Waals surface area contributed by atoms with Gasteiger partial charge in [0.15, 0.2) is 12.4 Å². The second kappa shape index (κ2) is 8.72. The molecule has 0 saturated heterocycles. The molecule has 2 amide bonds. The molecule has 9 nitrogen and oxygen atoms in total. The number of anilines is 2. The number of ether oxygens (including phenoxy) is 1. The summed E-state index contributed by atoms with van der Waals surface area (Å²) in [7, 11) is 0. The monoisotopic (exact) mass is 453 g/mol. The number of carbonyl (C=O) groups is 3. The highest BCUT2D eigenvalue weighted by atomic mass is 32.1. The van der Waals surface area contributed by atoms with Crippen LogP contribution in [0.1, 0.15) is 54.7 Å². The lowest BCUT2D eigenvalue weighted by molar-refractivity contribution is -0.119. The normalized spacial score (nSPS) is 12.2. The lowest BCUT2D eigenvalue weighted by Gasteiger charge is -2.08. The van der Waals surface area contributed by atoms with Gasteiger partial charge in [-0.15, -0.1) is 11.3 Å². The van der Waals surface area contributed by atoms with Crippen LogP contribution in [-0.2, 0) is 22.4 Å². The van der Waals surface area contributed by atoms with Gasteiger partial charge in [0.25, 0.3) is 11.8 Å². The van der Waals surface area contributed by atoms with E-state index in [4.69, 9.17) is 13.6 Å². The average molecular weight is 453 g/mol. The molecule has 0 unspecified atom stereocenters. The van der Waals surface area contributed by atoms with Gasteiger partial charge in [-0.05, 0) is 50.8 Å². The van der Waals surface area contributed by atoms with Crippen molar-refractivity contribution in [1.29, 1.82) is 5.26 Å². The number of carbonyl (C=O) groups excluding carboxylic acids is 3. The molecule has 0 bridgehead atoms. The largest absolute Gasteiger partial charge is 0.459 e. The fourth-order valence-electron chi connectivity index (χ4n) is 3.50. The Morgan fingerprint density at radius 3 is 2.78 bits per heavy atom. The van der Waals surface area contributed by atoms with Gasteiger partial charge in [0.2, 0.25) is 5.88 Å². The molecule has 1 aliphatic rings. The van der Waals surface area contributed by atoms with Crippen molar-refractivity contribution in [2.45, 2.75) is 33.1 Å². The van der Waals surface area contributed by atoms with E-state index in [-0.39, 0.29) is 22.8 Å². The molecule has 0 aromatic carbocycles. The number of nitrogens with zero attached hydrogens (tertiary/aromatic N) is 1. The predicted octanol–water partition coefficient (Wildman–Crippen LogP) is 3.96. The number of aryl methyl sites for hydroxylation is 2. The van der Waals surface area contributed by atoms with Crippen molar-refractivity contribution in [3.8, 4) is 6.07 Å². The summed E-state index contributed by atoms with van der Waals surface area (Å²) < 4.78 is 15.7. The summed E-state index contributed by atoms with van der Waals surface area (Å²) in [6.07, 6.45) is 3.79. The van der Waals surface area contributed by atoms with Crippen LogP contribution in [0, 0.1) is 25.2 Å². The van der Waals surface area contributed by atoms with Crippen LogP contribution in [0.15, 0.2) is 27.2 Å². The maximum Gasteiger partial charge on any atom is 0.341 e. The van der Waals surface area contributed by atoms with E-state index in [1.54, 1.807) is 19.9 Å². The maximum absolute atomic E-state index is 12.8. The Balaban J connectivity index is 1.46. The predicted molar refractivity (Wildman–Crippen MR) is 115 cm³/mol. The number of amides is 2. The Labute approximate surface area is 187 Å². The second-order valence-electron chi connectivity index (χ2n) is 7.22. The number of esters is 1. The Hall–Kier alpha value is -3.84. The summed E-state index contributed by atoms with van der Waals surface area (Å²) in [6, 6.07) is 5.09. The van der Waals surface area contributed by atoms with E-state index < -0.39 is 24.4 Å². The number of thiophene rings is 1. The van der Waals surface area contributed by atoms with Gasteiger partial charge in [0.1, 0.15) is 22.4 Å². The van der Waals surface area contributed by atoms with Crippen LogP contribution in [0.3, 0.4) is 0 Å². The molecule has 0 atom stereocenters. The minimum absolute atomic E-state index is 0.0198. The van der Waals surface area contributed by atoms with E-state index in [0.29, 0.717) is 22.7 Å². The van der Waals surface area contributed by atoms with Gasteiger partial charge in [-0.2, -0.15) is 5.26 Å². The molecule has 2 N–H and O–H groups in total. The molecule has 0 spiro atoms. The van der Waals surface area contributed by atoms with E-state index in [9.17, 15) is 19.6 Å². The van der Waals surface area contributed by atoms with Crippen molar-refractivity contribution in [3.63, 3.8) is 0 Å². The van der Waals surface area contributed by atoms with Gasteiger partial charge in [0.05, 0.1) is 11.8 Å². The Bertz CT molecular complexity index is 1250. The van der Waals surface area contributed by atoms with E-state index in [1.165, 1.54) is 23.7 Å². The fourth-order valence-corrected chi connectivity index (χ4v) is 4.77. The summed E-state index contributed by atoms with van der Waals surface area (Å²) in [5.74, 6) is -1.17. The van der Waals surface area contributed by atoms with Crippen molar-refractivity contribution >= 4 is 40.0 Å². The Morgan fingerprint density at radius 2 is 2.06 bits per heavy atom. The molecule has 10 heteroatoms. The molecular formula is C22H19N3O6S. The number of rotatable bonds is 6. The number of hydrogen-bond acceptors (Lipinski definition) is 8. The first-order valence-corrected chi connectivity index (χ1v) is 10.7. The summed E-state index contributed by atoms with van der Waals surface area (Å²) >= 11 is 1.32. The third kappa shape index (κ3) is 4.02. The molecule has 3 aromatic rings. The molecule has 4 rings (SSSR count). The summed E-state index contributed by atoms with van der Waals surface area (Å²) in [4.78, 5) is 38.5. The molecular weight excluding hydrogens is 434 g/mol. The van der Waals surface area contributed by atoms with Crippen molar-refractivity contribution in [3.05, 3.63) is 57.0 Å². The first-order valence-electron chi connectivity index (χ1n) is 9.85. The fraction of sp³-hybridized carbons (Fsp3) is 0.273. The summed E-state index contributed by atoms with van der Waals surface area (Å²) in [6.45, 7) is 2.82. The van der Waals surface area contributed by atoms with Crippen molar-refractivity contribution in [1.82, 2.24) is 0 Å². The number of hydrogen-bond donors (Lipinski definition) is 2.